The van der Waals surface area contributed by atoms with Crippen molar-refractivity contribution in [3.05, 3.63) is 238 Å². The van der Waals surface area contributed by atoms with Gasteiger partial charge in [-0.1, -0.05) is 182 Å². The van der Waals surface area contributed by atoms with Gasteiger partial charge in [0.15, 0.2) is 0 Å². The smallest absolute Gasteiger partial charge is 0.349 e. The van der Waals surface area contributed by atoms with Gasteiger partial charge in [0.05, 0.1) is 23.2 Å². The van der Waals surface area contributed by atoms with Crippen LogP contribution >= 0.6 is 0 Å². The molecule has 0 N–H and O–H groups in total. The molecule has 6 aromatic carbocycles. The van der Waals surface area contributed by atoms with Crippen molar-refractivity contribution >= 4 is 29.4 Å². The highest BCUT2D eigenvalue weighted by atomic mass is 16.6. The van der Waals surface area contributed by atoms with E-state index in [1.54, 1.807) is 11.1 Å². The molecule has 0 saturated carbocycles. The number of ether oxygens (including phenoxy) is 2. The molecule has 0 spiro atoms. The third-order valence-electron chi connectivity index (χ3n) is 11.6. The number of urea groups is 1. The fraction of sp³-hybridized carbons (Fsp3) is 0.267. The third-order valence-corrected chi connectivity index (χ3v) is 11.6. The maximum absolute atomic E-state index is 13.8. The lowest BCUT2D eigenvalue weighted by Gasteiger charge is -2.29. The fourth-order valence-corrected chi connectivity index (χ4v) is 8.26. The summed E-state index contributed by atoms with van der Waals surface area (Å²) >= 11 is 0. The SMILES string of the molecule is CC1CN([C@@H](Cc2ccccc2)C(=O)OC(C)(C)C)C(=O)N1N=C(c1ccccc1)c1ccccc1.Cc1cn([C@@H](Cc2ccccc2)C(=O)OC(C)(C)C)c(=O)n1N=C(c1ccccc1)c1ccccc1. The summed E-state index contributed by atoms with van der Waals surface area (Å²) < 4.78 is 14.2. The van der Waals surface area contributed by atoms with Crippen molar-refractivity contribution in [2.75, 3.05) is 6.54 Å². The predicted molar refractivity (Wildman–Crippen MR) is 284 cm³/mol. The van der Waals surface area contributed by atoms with Gasteiger partial charge in [0.25, 0.3) is 0 Å². The zero-order chi connectivity index (χ0) is 51.4. The normalized spacial score (nSPS) is 14.3. The lowest BCUT2D eigenvalue weighted by Crippen LogP contribution is -2.47. The average molecular weight is 965 g/mol. The summed E-state index contributed by atoms with van der Waals surface area (Å²) in [4.78, 5) is 55.6. The Bertz CT molecular complexity index is 2930. The standard InChI is InChI=1S/C30H33N3O3.C30H31N3O3/c2*1-22-21-32(26(28(34)36-30(2,3)4)20-23-14-8-5-9-15-23)29(35)33(22)31-27(24-16-10-6-11-17-24)25-18-12-7-13-19-25/h5-19,22,26H,20-21H2,1-4H3;5-19,21,26H,20H2,1-4H3/t22?,26-;26-/m00/s1. The Kier molecular flexibility index (Phi) is 16.7. The van der Waals surface area contributed by atoms with Crippen molar-refractivity contribution in [2.24, 2.45) is 10.2 Å². The molecule has 1 aliphatic heterocycles. The van der Waals surface area contributed by atoms with Gasteiger partial charge in [-0.15, -0.1) is 0 Å². The van der Waals surface area contributed by atoms with Crippen LogP contribution < -0.4 is 5.69 Å². The van der Waals surface area contributed by atoms with Crippen LogP contribution in [-0.4, -0.2) is 78.4 Å². The number of hydrogen-bond donors (Lipinski definition) is 0. The first-order chi connectivity index (χ1) is 34.5. The molecule has 12 nitrogen and oxygen atoms in total. The Morgan fingerprint density at radius 1 is 0.542 bits per heavy atom. The summed E-state index contributed by atoms with van der Waals surface area (Å²) in [6.45, 7) is 15.1. The Labute approximate surface area is 422 Å². The van der Waals surface area contributed by atoms with E-state index in [1.807, 2.05) is 237 Å². The lowest BCUT2D eigenvalue weighted by molar-refractivity contribution is -0.160. The number of hydrogen-bond acceptors (Lipinski definition) is 8. The molecule has 1 saturated heterocycles. The van der Waals surface area contributed by atoms with Crippen LogP contribution in [0.1, 0.15) is 93.6 Å². The van der Waals surface area contributed by atoms with Crippen molar-refractivity contribution in [1.82, 2.24) is 19.2 Å². The monoisotopic (exact) mass is 964 g/mol. The number of nitrogens with zero attached hydrogens (tertiary/aromatic N) is 6. The van der Waals surface area contributed by atoms with Gasteiger partial charge >= 0.3 is 23.7 Å². The highest BCUT2D eigenvalue weighted by Gasteiger charge is 2.43. The van der Waals surface area contributed by atoms with Gasteiger partial charge in [0.1, 0.15) is 23.3 Å². The van der Waals surface area contributed by atoms with Crippen LogP contribution in [0.25, 0.3) is 0 Å². The minimum atomic E-state index is -0.828. The first-order valence-electron chi connectivity index (χ1n) is 24.3. The Morgan fingerprint density at radius 2 is 0.889 bits per heavy atom. The second-order valence-corrected chi connectivity index (χ2v) is 19.7. The van der Waals surface area contributed by atoms with Gasteiger partial charge in [-0.05, 0) is 66.5 Å². The van der Waals surface area contributed by atoms with E-state index >= 15 is 0 Å². The van der Waals surface area contributed by atoms with Crippen molar-refractivity contribution in [2.45, 2.75) is 97.6 Å². The molecule has 3 atom stereocenters. The van der Waals surface area contributed by atoms with E-state index in [-0.39, 0.29) is 12.1 Å². The van der Waals surface area contributed by atoms with Gasteiger partial charge in [-0.25, -0.2) is 24.2 Å². The van der Waals surface area contributed by atoms with Gasteiger partial charge in [0, 0.05) is 47.8 Å². The zero-order valence-corrected chi connectivity index (χ0v) is 42.4. The summed E-state index contributed by atoms with van der Waals surface area (Å²) in [5, 5.41) is 11.1. The van der Waals surface area contributed by atoms with Crippen LogP contribution in [0.4, 0.5) is 4.79 Å². The minimum Gasteiger partial charge on any atom is -0.458 e. The van der Waals surface area contributed by atoms with Crippen LogP contribution in [0, 0.1) is 6.92 Å². The molecule has 2 amide bonds. The van der Waals surface area contributed by atoms with Gasteiger partial charge in [-0.3, -0.25) is 4.57 Å². The van der Waals surface area contributed by atoms with E-state index in [4.69, 9.17) is 19.7 Å². The number of carbonyl (C=O) groups is 3. The number of aromatic nitrogens is 2. The number of benzene rings is 6. The number of imidazole rings is 1. The molecule has 0 radical (unpaired) electrons. The van der Waals surface area contributed by atoms with Crippen LogP contribution in [0.2, 0.25) is 0 Å². The number of rotatable bonds is 14. The van der Waals surface area contributed by atoms with Gasteiger partial charge in [0.2, 0.25) is 0 Å². The lowest BCUT2D eigenvalue weighted by atomic mass is 10.0. The second-order valence-electron chi connectivity index (χ2n) is 19.7. The van der Waals surface area contributed by atoms with E-state index in [0.717, 1.165) is 33.4 Å². The molecule has 7 aromatic rings. The summed E-state index contributed by atoms with van der Waals surface area (Å²) in [7, 11) is 0. The summed E-state index contributed by atoms with van der Waals surface area (Å²) in [6.07, 6.45) is 2.38. The summed E-state index contributed by atoms with van der Waals surface area (Å²) in [5.74, 6) is -0.870. The van der Waals surface area contributed by atoms with Crippen LogP contribution in [0.5, 0.6) is 0 Å². The zero-order valence-electron chi connectivity index (χ0n) is 42.4. The molecule has 1 fully saturated rings. The molecule has 72 heavy (non-hydrogen) atoms. The largest absolute Gasteiger partial charge is 0.458 e. The van der Waals surface area contributed by atoms with Crippen molar-refractivity contribution in [3.8, 4) is 0 Å². The molecular formula is C60H64N6O6. The predicted octanol–water partition coefficient (Wildman–Crippen LogP) is 10.9. The van der Waals surface area contributed by atoms with Crippen LogP contribution in [0.3, 0.4) is 0 Å². The maximum atomic E-state index is 13.8. The molecule has 1 aromatic heterocycles. The van der Waals surface area contributed by atoms with E-state index in [0.29, 0.717) is 36.5 Å². The van der Waals surface area contributed by atoms with Crippen LogP contribution in [-0.2, 0) is 31.9 Å². The fourth-order valence-electron chi connectivity index (χ4n) is 8.26. The first kappa shape index (κ1) is 51.7. The second kappa shape index (κ2) is 23.2. The molecule has 8 rings (SSSR count). The Balaban J connectivity index is 0.000000211. The number of esters is 2. The highest BCUT2D eigenvalue weighted by Crippen LogP contribution is 2.26. The summed E-state index contributed by atoms with van der Waals surface area (Å²) in [6, 6.07) is 56.3. The number of carbonyl (C=O) groups excluding carboxylic acids is 3. The van der Waals surface area contributed by atoms with Gasteiger partial charge in [-0.2, -0.15) is 14.9 Å². The maximum Gasteiger partial charge on any atom is 0.349 e. The molecule has 1 unspecified atom stereocenters. The molecule has 12 heteroatoms. The van der Waals surface area contributed by atoms with E-state index in [2.05, 4.69) is 0 Å². The van der Waals surface area contributed by atoms with E-state index in [9.17, 15) is 19.2 Å². The topological polar surface area (TPSA) is 128 Å². The first-order valence-corrected chi connectivity index (χ1v) is 24.3. The van der Waals surface area contributed by atoms with Crippen molar-refractivity contribution in [1.29, 1.82) is 0 Å². The molecule has 2 heterocycles. The number of hydrazone groups is 1. The Morgan fingerprint density at radius 3 is 1.28 bits per heavy atom. The van der Waals surface area contributed by atoms with E-state index in [1.165, 1.54) is 14.3 Å². The third kappa shape index (κ3) is 13.6. The Hall–Kier alpha value is -8.12. The molecular weight excluding hydrogens is 901 g/mol. The number of aryl methyl sites for hydroxylation is 1. The van der Waals surface area contributed by atoms with Crippen molar-refractivity contribution in [3.63, 3.8) is 0 Å². The average Bonchev–Trinajstić information content (AvgIpc) is 3.81. The highest BCUT2D eigenvalue weighted by molar-refractivity contribution is 6.13. The van der Waals surface area contributed by atoms with Crippen molar-refractivity contribution < 1.29 is 23.9 Å². The molecule has 0 aliphatic carbocycles. The summed E-state index contributed by atoms with van der Waals surface area (Å²) in [5.41, 5.74) is 5.73. The van der Waals surface area contributed by atoms with Gasteiger partial charge < -0.3 is 14.4 Å². The quantitative estimate of drug-likeness (QED) is 0.0789. The molecule has 370 valence electrons. The minimum absolute atomic E-state index is 0.222. The number of amides is 2. The van der Waals surface area contributed by atoms with E-state index < -0.39 is 40.9 Å². The molecule has 0 bridgehead atoms. The van der Waals surface area contributed by atoms with Crippen LogP contribution in [0.15, 0.2) is 203 Å². The molecule has 1 aliphatic rings.